The van der Waals surface area contributed by atoms with E-state index in [-0.39, 0.29) is 22.8 Å². The Morgan fingerprint density at radius 2 is 1.74 bits per heavy atom. The zero-order valence-corrected chi connectivity index (χ0v) is 15.6. The fourth-order valence-electron chi connectivity index (χ4n) is 2.50. The number of oxazole rings is 1. The number of pyridine rings is 1. The number of ether oxygens (including phenoxy) is 1. The van der Waals surface area contributed by atoms with E-state index >= 15 is 0 Å². The Morgan fingerprint density at radius 1 is 1.06 bits per heavy atom. The molecule has 12 heteroatoms. The number of amides is 1. The first kappa shape index (κ1) is 22.1. The predicted octanol–water partition coefficient (Wildman–Crippen LogP) is 5.15. The number of hydrogen-bond donors (Lipinski definition) is 1. The monoisotopic (exact) mass is 445 g/mol. The zero-order chi connectivity index (χ0) is 22.8. The summed E-state index contributed by atoms with van der Waals surface area (Å²) in [6.07, 6.45) is -7.44. The first-order valence-electron chi connectivity index (χ1n) is 8.58. The SMILES string of the molecule is C[C@@H](NC(=O)c1coc(-c2ccc(C(F)(F)F)cc2)n1)c1ccc(OC(F)(F)F)cn1. The lowest BCUT2D eigenvalue weighted by atomic mass is 10.1. The van der Waals surface area contributed by atoms with E-state index < -0.39 is 35.8 Å². The number of carbonyl (C=O) groups is 1. The van der Waals surface area contributed by atoms with Gasteiger partial charge in [0.05, 0.1) is 23.5 Å². The maximum absolute atomic E-state index is 12.6. The van der Waals surface area contributed by atoms with Gasteiger partial charge in [0.1, 0.15) is 12.0 Å². The van der Waals surface area contributed by atoms with Gasteiger partial charge in [-0.1, -0.05) is 0 Å². The van der Waals surface area contributed by atoms with Crippen LogP contribution < -0.4 is 10.1 Å². The van der Waals surface area contributed by atoms with Crippen molar-refractivity contribution in [3.05, 3.63) is 65.8 Å². The molecule has 0 bridgehead atoms. The molecule has 0 aliphatic carbocycles. The molecule has 0 aliphatic heterocycles. The van der Waals surface area contributed by atoms with Crippen molar-refractivity contribution in [1.29, 1.82) is 0 Å². The highest BCUT2D eigenvalue weighted by atomic mass is 19.4. The van der Waals surface area contributed by atoms with Crippen molar-refractivity contribution in [2.24, 2.45) is 0 Å². The minimum absolute atomic E-state index is 0.0571. The molecule has 0 saturated carbocycles. The van der Waals surface area contributed by atoms with Gasteiger partial charge < -0.3 is 14.5 Å². The first-order chi connectivity index (χ1) is 14.4. The number of nitrogens with zero attached hydrogens (tertiary/aromatic N) is 2. The molecule has 3 rings (SSSR count). The molecule has 1 amide bonds. The molecule has 2 aromatic heterocycles. The predicted molar refractivity (Wildman–Crippen MR) is 93.7 cm³/mol. The summed E-state index contributed by atoms with van der Waals surface area (Å²) in [6, 6.07) is 5.65. The molecule has 0 saturated heterocycles. The molecule has 1 N–H and O–H groups in total. The van der Waals surface area contributed by atoms with Gasteiger partial charge in [0.25, 0.3) is 5.91 Å². The van der Waals surface area contributed by atoms with Crippen molar-refractivity contribution in [2.45, 2.75) is 25.5 Å². The number of nitrogens with one attached hydrogen (secondary N) is 1. The second-order valence-electron chi connectivity index (χ2n) is 6.27. The summed E-state index contributed by atoms with van der Waals surface area (Å²) in [5.74, 6) is -1.24. The van der Waals surface area contributed by atoms with Gasteiger partial charge in [-0.2, -0.15) is 13.2 Å². The number of carbonyl (C=O) groups excluding carboxylic acids is 1. The second-order valence-corrected chi connectivity index (χ2v) is 6.27. The summed E-state index contributed by atoms with van der Waals surface area (Å²) in [6.45, 7) is 1.54. The van der Waals surface area contributed by atoms with Crippen molar-refractivity contribution in [3.8, 4) is 17.2 Å². The summed E-state index contributed by atoms with van der Waals surface area (Å²) in [7, 11) is 0. The van der Waals surface area contributed by atoms with Crippen molar-refractivity contribution >= 4 is 5.91 Å². The van der Waals surface area contributed by atoms with Gasteiger partial charge in [-0.25, -0.2) is 4.98 Å². The number of rotatable bonds is 5. The van der Waals surface area contributed by atoms with Crippen LogP contribution in [0.2, 0.25) is 0 Å². The molecule has 31 heavy (non-hydrogen) atoms. The van der Waals surface area contributed by atoms with Crippen molar-refractivity contribution in [1.82, 2.24) is 15.3 Å². The molecule has 0 fully saturated rings. The van der Waals surface area contributed by atoms with Gasteiger partial charge >= 0.3 is 12.5 Å². The van der Waals surface area contributed by atoms with Crippen LogP contribution in [0.5, 0.6) is 5.75 Å². The maximum Gasteiger partial charge on any atom is 0.573 e. The van der Waals surface area contributed by atoms with Crippen LogP contribution in [-0.4, -0.2) is 22.2 Å². The number of benzene rings is 1. The molecule has 0 aliphatic rings. The second kappa shape index (κ2) is 8.28. The topological polar surface area (TPSA) is 77.2 Å². The smallest absolute Gasteiger partial charge is 0.444 e. The van der Waals surface area contributed by atoms with E-state index in [1.165, 1.54) is 6.07 Å². The average Bonchev–Trinajstić information content (AvgIpc) is 3.17. The summed E-state index contributed by atoms with van der Waals surface area (Å²) in [5, 5.41) is 2.54. The van der Waals surface area contributed by atoms with Gasteiger partial charge in [-0.15, -0.1) is 13.2 Å². The Kier molecular flexibility index (Phi) is 5.91. The van der Waals surface area contributed by atoms with Crippen LogP contribution in [-0.2, 0) is 6.18 Å². The van der Waals surface area contributed by atoms with E-state index in [0.717, 1.165) is 42.8 Å². The Hall–Kier alpha value is -3.57. The van der Waals surface area contributed by atoms with Gasteiger partial charge in [-0.3, -0.25) is 9.78 Å². The third kappa shape index (κ3) is 5.74. The van der Waals surface area contributed by atoms with Crippen LogP contribution in [0.25, 0.3) is 11.5 Å². The molecule has 164 valence electrons. The standard InChI is InChI=1S/C19H13F6N3O3/c1-10(14-7-6-13(8-26-14)31-19(23,24)25)27-16(29)15-9-30-17(28-15)11-2-4-12(5-3-11)18(20,21)22/h2-10H,1H3,(H,27,29)/t10-/m1/s1. The highest BCUT2D eigenvalue weighted by Crippen LogP contribution is 2.31. The third-order valence-corrected chi connectivity index (χ3v) is 3.98. The molecule has 0 radical (unpaired) electrons. The molecule has 1 atom stereocenters. The highest BCUT2D eigenvalue weighted by molar-refractivity contribution is 5.92. The maximum atomic E-state index is 12.6. The van der Waals surface area contributed by atoms with E-state index in [9.17, 15) is 31.1 Å². The van der Waals surface area contributed by atoms with Crippen molar-refractivity contribution in [3.63, 3.8) is 0 Å². The Morgan fingerprint density at radius 3 is 2.29 bits per heavy atom. The molecule has 6 nitrogen and oxygen atoms in total. The molecule has 0 spiro atoms. The van der Waals surface area contributed by atoms with Crippen molar-refractivity contribution < 1.29 is 40.3 Å². The Labute approximate surface area is 170 Å². The Bertz CT molecular complexity index is 1040. The largest absolute Gasteiger partial charge is 0.573 e. The molecule has 0 unspecified atom stereocenters. The van der Waals surface area contributed by atoms with E-state index in [1.807, 2.05) is 0 Å². The summed E-state index contributed by atoms with van der Waals surface area (Å²) in [5.41, 5.74) is -0.483. The molecule has 3 aromatic rings. The normalized spacial score (nSPS) is 13.0. The average molecular weight is 445 g/mol. The van der Waals surface area contributed by atoms with Crippen molar-refractivity contribution in [2.75, 3.05) is 0 Å². The number of hydrogen-bond acceptors (Lipinski definition) is 5. The van der Waals surface area contributed by atoms with Gasteiger partial charge in [-0.05, 0) is 43.3 Å². The van der Waals surface area contributed by atoms with Crippen LogP contribution in [0.4, 0.5) is 26.3 Å². The molecular weight excluding hydrogens is 432 g/mol. The van der Waals surface area contributed by atoms with Crippen LogP contribution >= 0.6 is 0 Å². The third-order valence-electron chi connectivity index (χ3n) is 3.98. The van der Waals surface area contributed by atoms with E-state index in [2.05, 4.69) is 20.0 Å². The minimum atomic E-state index is -4.85. The molecule has 2 heterocycles. The summed E-state index contributed by atoms with van der Waals surface area (Å²) < 4.78 is 83.3. The van der Waals surface area contributed by atoms with Crippen LogP contribution in [0, 0.1) is 0 Å². The van der Waals surface area contributed by atoms with E-state index in [4.69, 9.17) is 4.42 Å². The Balaban J connectivity index is 1.65. The quantitative estimate of drug-likeness (QED) is 0.550. The lowest BCUT2D eigenvalue weighted by molar-refractivity contribution is -0.274. The molecular formula is C19H13F6N3O3. The number of aromatic nitrogens is 2. The minimum Gasteiger partial charge on any atom is -0.444 e. The fraction of sp³-hybridized carbons (Fsp3) is 0.211. The lowest BCUT2D eigenvalue weighted by Gasteiger charge is -2.13. The summed E-state index contributed by atoms with van der Waals surface area (Å²) >= 11 is 0. The summed E-state index contributed by atoms with van der Waals surface area (Å²) in [4.78, 5) is 20.1. The van der Waals surface area contributed by atoms with Gasteiger partial charge in [0, 0.05) is 5.56 Å². The van der Waals surface area contributed by atoms with E-state index in [0.29, 0.717) is 0 Å². The highest BCUT2D eigenvalue weighted by Gasteiger charge is 2.31. The first-order valence-corrected chi connectivity index (χ1v) is 8.58. The lowest BCUT2D eigenvalue weighted by Crippen LogP contribution is -2.27. The van der Waals surface area contributed by atoms with Crippen LogP contribution in [0.3, 0.4) is 0 Å². The van der Waals surface area contributed by atoms with Gasteiger partial charge in [0.15, 0.2) is 5.69 Å². The van der Waals surface area contributed by atoms with Gasteiger partial charge in [0.2, 0.25) is 5.89 Å². The molecule has 1 aromatic carbocycles. The number of halogens is 6. The van der Waals surface area contributed by atoms with E-state index in [1.54, 1.807) is 6.92 Å². The van der Waals surface area contributed by atoms with Crippen LogP contribution in [0.15, 0.2) is 53.3 Å². The zero-order valence-electron chi connectivity index (χ0n) is 15.6. The number of alkyl halides is 6. The van der Waals surface area contributed by atoms with Crippen LogP contribution in [0.1, 0.15) is 34.7 Å². The fourth-order valence-corrected chi connectivity index (χ4v) is 2.50.